The zero-order valence-corrected chi connectivity index (χ0v) is 17.8. The van der Waals surface area contributed by atoms with Gasteiger partial charge < -0.3 is 24.2 Å². The number of methoxy groups -OCH3 is 1. The highest BCUT2D eigenvalue weighted by Crippen LogP contribution is 2.22. The van der Waals surface area contributed by atoms with Crippen molar-refractivity contribution in [3.05, 3.63) is 35.4 Å². The maximum Gasteiger partial charge on any atom is 0.410 e. The maximum atomic E-state index is 12.6. The second-order valence-electron chi connectivity index (χ2n) is 8.31. The number of hydrogen-bond acceptors (Lipinski definition) is 5. The molecule has 160 valence electrons. The lowest BCUT2D eigenvalue weighted by Gasteiger charge is -2.37. The van der Waals surface area contributed by atoms with Gasteiger partial charge in [0.05, 0.1) is 25.3 Å². The van der Waals surface area contributed by atoms with Crippen LogP contribution >= 0.6 is 0 Å². The number of fused-ring (bicyclic) bond motifs is 1. The van der Waals surface area contributed by atoms with Crippen LogP contribution in [0.15, 0.2) is 24.3 Å². The Morgan fingerprint density at radius 2 is 1.83 bits per heavy atom. The molecule has 0 radical (unpaired) electrons. The third-order valence-corrected chi connectivity index (χ3v) is 4.89. The molecule has 0 aromatic heterocycles. The second-order valence-corrected chi connectivity index (χ2v) is 8.31. The molecule has 2 saturated heterocycles. The highest BCUT2D eigenvalue weighted by molar-refractivity contribution is 5.89. The summed E-state index contributed by atoms with van der Waals surface area (Å²) in [5.74, 6) is 5.64. The summed E-state index contributed by atoms with van der Waals surface area (Å²) in [5, 5.41) is 0. The topological polar surface area (TPSA) is 79.4 Å². The Morgan fingerprint density at radius 3 is 2.47 bits per heavy atom. The molecule has 1 atom stereocenters. The van der Waals surface area contributed by atoms with Crippen LogP contribution in [-0.2, 0) is 9.47 Å². The molecule has 2 heterocycles. The third-order valence-electron chi connectivity index (χ3n) is 4.89. The molecule has 3 rings (SSSR count). The van der Waals surface area contributed by atoms with Crippen LogP contribution in [0.4, 0.5) is 9.59 Å². The molecule has 0 aliphatic carbocycles. The van der Waals surface area contributed by atoms with Crippen molar-refractivity contribution in [2.75, 3.05) is 39.8 Å². The van der Waals surface area contributed by atoms with Gasteiger partial charge in [0.15, 0.2) is 0 Å². The van der Waals surface area contributed by atoms with Crippen LogP contribution < -0.4 is 0 Å². The molecule has 30 heavy (non-hydrogen) atoms. The molecule has 1 aromatic rings. The number of amides is 3. The smallest absolute Gasteiger partial charge is 0.410 e. The number of nitrogens with zero attached hydrogens (tertiary/aromatic N) is 3. The van der Waals surface area contributed by atoms with Gasteiger partial charge >= 0.3 is 18.1 Å². The van der Waals surface area contributed by atoms with Gasteiger partial charge in [0, 0.05) is 31.7 Å². The minimum atomic E-state index is -0.545. The normalized spacial score (nSPS) is 18.5. The molecule has 0 bridgehead atoms. The summed E-state index contributed by atoms with van der Waals surface area (Å²) in [7, 11) is 1.34. The van der Waals surface area contributed by atoms with Crippen molar-refractivity contribution in [3.63, 3.8) is 0 Å². The van der Waals surface area contributed by atoms with Crippen molar-refractivity contribution in [1.82, 2.24) is 14.7 Å². The minimum absolute atomic E-state index is 0.0556. The average molecular weight is 413 g/mol. The Balaban J connectivity index is 1.56. The van der Waals surface area contributed by atoms with E-state index < -0.39 is 11.6 Å². The van der Waals surface area contributed by atoms with E-state index in [-0.39, 0.29) is 18.2 Å². The number of urea groups is 1. The van der Waals surface area contributed by atoms with E-state index in [0.717, 1.165) is 5.56 Å². The van der Waals surface area contributed by atoms with Gasteiger partial charge in [-0.05, 0) is 45.0 Å². The molecule has 8 heteroatoms. The van der Waals surface area contributed by atoms with Gasteiger partial charge in [-0.2, -0.15) is 0 Å². The Kier molecular flexibility index (Phi) is 6.20. The van der Waals surface area contributed by atoms with E-state index in [2.05, 4.69) is 16.6 Å². The van der Waals surface area contributed by atoms with Gasteiger partial charge in [-0.25, -0.2) is 14.4 Å². The van der Waals surface area contributed by atoms with E-state index in [0.29, 0.717) is 38.3 Å². The fourth-order valence-electron chi connectivity index (χ4n) is 3.45. The largest absolute Gasteiger partial charge is 0.465 e. The standard InChI is InChI=1S/C22H27N3O5/c1-22(2,3)30-21(28)24-12-13-25-18(15-24)14-23(20(25)27)11-5-6-16-7-9-17(10-8-16)19(26)29-4/h7-10,18H,11-15H2,1-4H3/t18-/m1/s1. The number of carbonyl (C=O) groups is 3. The van der Waals surface area contributed by atoms with E-state index in [4.69, 9.17) is 4.74 Å². The summed E-state index contributed by atoms with van der Waals surface area (Å²) >= 11 is 0. The SMILES string of the molecule is COC(=O)c1ccc(C#CCN2C[C@@H]3CN(C(=O)OC(C)(C)C)CCN3C2=O)cc1. The number of benzene rings is 1. The lowest BCUT2D eigenvalue weighted by atomic mass is 10.1. The van der Waals surface area contributed by atoms with Crippen LogP contribution in [0.2, 0.25) is 0 Å². The van der Waals surface area contributed by atoms with Crippen LogP contribution in [0.3, 0.4) is 0 Å². The van der Waals surface area contributed by atoms with Crippen molar-refractivity contribution in [1.29, 1.82) is 0 Å². The monoisotopic (exact) mass is 413 g/mol. The quantitative estimate of drug-likeness (QED) is 0.549. The number of hydrogen-bond donors (Lipinski definition) is 0. The average Bonchev–Trinajstić information content (AvgIpc) is 3.01. The fourth-order valence-corrected chi connectivity index (χ4v) is 3.45. The van der Waals surface area contributed by atoms with Crippen LogP contribution in [0, 0.1) is 11.8 Å². The summed E-state index contributed by atoms with van der Waals surface area (Å²) in [6, 6.07) is 6.68. The summed E-state index contributed by atoms with van der Waals surface area (Å²) in [5.41, 5.74) is 0.670. The lowest BCUT2D eigenvalue weighted by Crippen LogP contribution is -2.54. The molecular formula is C22H27N3O5. The lowest BCUT2D eigenvalue weighted by molar-refractivity contribution is 0.0127. The van der Waals surface area contributed by atoms with E-state index in [1.165, 1.54) is 7.11 Å². The molecule has 0 unspecified atom stereocenters. The first-order valence-electron chi connectivity index (χ1n) is 9.88. The number of esters is 1. The van der Waals surface area contributed by atoms with E-state index in [9.17, 15) is 14.4 Å². The zero-order chi connectivity index (χ0) is 21.9. The predicted octanol–water partition coefficient (Wildman–Crippen LogP) is 2.18. The van der Waals surface area contributed by atoms with Gasteiger partial charge in [0.1, 0.15) is 5.60 Å². The molecular weight excluding hydrogens is 386 g/mol. The molecule has 0 spiro atoms. The maximum absolute atomic E-state index is 12.6. The zero-order valence-electron chi connectivity index (χ0n) is 17.8. The molecule has 2 aliphatic heterocycles. The Bertz CT molecular complexity index is 879. The minimum Gasteiger partial charge on any atom is -0.465 e. The van der Waals surface area contributed by atoms with E-state index >= 15 is 0 Å². The number of ether oxygens (including phenoxy) is 2. The van der Waals surface area contributed by atoms with Crippen molar-refractivity contribution in [2.24, 2.45) is 0 Å². The second kappa shape index (κ2) is 8.66. The molecule has 3 amide bonds. The van der Waals surface area contributed by atoms with Crippen molar-refractivity contribution < 1.29 is 23.9 Å². The first kappa shape index (κ1) is 21.5. The first-order valence-corrected chi connectivity index (χ1v) is 9.88. The highest BCUT2D eigenvalue weighted by atomic mass is 16.6. The van der Waals surface area contributed by atoms with Gasteiger partial charge in [0.25, 0.3) is 0 Å². The first-order chi connectivity index (χ1) is 14.2. The van der Waals surface area contributed by atoms with Crippen molar-refractivity contribution in [3.8, 4) is 11.8 Å². The summed E-state index contributed by atoms with van der Waals surface area (Å²) in [6.45, 7) is 7.74. The number of carbonyl (C=O) groups excluding carboxylic acids is 3. The Labute approximate surface area is 176 Å². The van der Waals surface area contributed by atoms with Crippen LogP contribution in [0.1, 0.15) is 36.7 Å². The number of rotatable bonds is 2. The predicted molar refractivity (Wildman–Crippen MR) is 110 cm³/mol. The van der Waals surface area contributed by atoms with Gasteiger partial charge in [-0.1, -0.05) is 11.8 Å². The Morgan fingerprint density at radius 1 is 1.13 bits per heavy atom. The van der Waals surface area contributed by atoms with E-state index in [1.54, 1.807) is 39.0 Å². The summed E-state index contributed by atoms with van der Waals surface area (Å²) in [6.07, 6.45) is -0.344. The van der Waals surface area contributed by atoms with Crippen LogP contribution in [-0.4, -0.2) is 84.3 Å². The molecule has 2 aliphatic rings. The Hall–Kier alpha value is -3.21. The molecule has 0 N–H and O–H groups in total. The number of piperazine rings is 1. The van der Waals surface area contributed by atoms with Crippen molar-refractivity contribution >= 4 is 18.1 Å². The highest BCUT2D eigenvalue weighted by Gasteiger charge is 2.42. The fraction of sp³-hybridized carbons (Fsp3) is 0.500. The molecule has 8 nitrogen and oxygen atoms in total. The third kappa shape index (κ3) is 5.03. The summed E-state index contributed by atoms with van der Waals surface area (Å²) < 4.78 is 10.1. The molecule has 2 fully saturated rings. The molecule has 1 aromatic carbocycles. The summed E-state index contributed by atoms with van der Waals surface area (Å²) in [4.78, 5) is 41.6. The van der Waals surface area contributed by atoms with Gasteiger partial charge in [0.2, 0.25) is 0 Å². The molecule has 0 saturated carbocycles. The van der Waals surface area contributed by atoms with E-state index in [1.807, 2.05) is 20.8 Å². The van der Waals surface area contributed by atoms with Crippen LogP contribution in [0.5, 0.6) is 0 Å². The van der Waals surface area contributed by atoms with Crippen molar-refractivity contribution in [2.45, 2.75) is 32.4 Å². The van der Waals surface area contributed by atoms with Gasteiger partial charge in [-0.3, -0.25) is 0 Å². The van der Waals surface area contributed by atoms with Gasteiger partial charge in [-0.15, -0.1) is 0 Å². The van der Waals surface area contributed by atoms with Crippen LogP contribution in [0.25, 0.3) is 0 Å².